The average molecular weight is 413 g/mol. The second kappa shape index (κ2) is 9.32. The van der Waals surface area contributed by atoms with Crippen molar-refractivity contribution in [1.82, 2.24) is 9.55 Å². The summed E-state index contributed by atoms with van der Waals surface area (Å²) in [5.74, 6) is -0.210. The molecule has 1 atom stereocenters. The molecule has 7 heteroatoms. The molecule has 162 valence electrons. The van der Waals surface area contributed by atoms with E-state index in [1.165, 1.54) is 15.0 Å². The molecule has 3 rings (SSSR count). The Kier molecular flexibility index (Phi) is 6.80. The van der Waals surface area contributed by atoms with E-state index in [0.29, 0.717) is 13.1 Å². The fraction of sp³-hybridized carbons (Fsp3) is 0.522. The third-order valence-corrected chi connectivity index (χ3v) is 5.70. The molecule has 0 radical (unpaired) electrons. The Labute approximate surface area is 176 Å². The molecule has 0 saturated heterocycles. The first-order chi connectivity index (χ1) is 14.3. The molecule has 0 spiro atoms. The predicted molar refractivity (Wildman–Crippen MR) is 120 cm³/mol. The molecule has 1 heterocycles. The van der Waals surface area contributed by atoms with E-state index in [9.17, 15) is 14.4 Å². The number of unbranched alkanes of at least 4 members (excludes halogenated alkanes) is 1. The van der Waals surface area contributed by atoms with Gasteiger partial charge in [-0.1, -0.05) is 51.5 Å². The number of amides is 1. The van der Waals surface area contributed by atoms with Crippen LogP contribution < -0.4 is 21.9 Å². The standard InChI is InChI=1S/C23H32N4O3/c1-4-5-13-26(19-20(24)27(14-15(2)3)23(30)25-21(19)28)22(29)18-12-8-10-16-9-6-7-11-17(16)18/h6-7,9,11,15,18H,4-5,8,10,12-14,24H2,1-3H3,(H,25,28,30). The van der Waals surface area contributed by atoms with Crippen LogP contribution in [0.1, 0.15) is 63.5 Å². The third-order valence-electron chi connectivity index (χ3n) is 5.70. The molecule has 0 saturated carbocycles. The highest BCUT2D eigenvalue weighted by Gasteiger charge is 2.33. The van der Waals surface area contributed by atoms with Crippen molar-refractivity contribution in [1.29, 1.82) is 0 Å². The van der Waals surface area contributed by atoms with Gasteiger partial charge in [0.1, 0.15) is 5.82 Å². The van der Waals surface area contributed by atoms with E-state index in [-0.39, 0.29) is 29.2 Å². The number of hydrogen-bond acceptors (Lipinski definition) is 4. The van der Waals surface area contributed by atoms with Gasteiger partial charge in [0.25, 0.3) is 5.56 Å². The van der Waals surface area contributed by atoms with Gasteiger partial charge in [-0.05, 0) is 42.7 Å². The molecule has 3 N–H and O–H groups in total. The zero-order chi connectivity index (χ0) is 21.8. The smallest absolute Gasteiger partial charge is 0.330 e. The van der Waals surface area contributed by atoms with E-state index in [2.05, 4.69) is 11.1 Å². The highest BCUT2D eigenvalue weighted by molar-refractivity contribution is 6.00. The van der Waals surface area contributed by atoms with Crippen LogP contribution in [0.3, 0.4) is 0 Å². The lowest BCUT2D eigenvalue weighted by molar-refractivity contribution is -0.120. The number of rotatable bonds is 7. The normalized spacial score (nSPS) is 15.8. The number of aryl methyl sites for hydroxylation is 1. The maximum Gasteiger partial charge on any atom is 0.330 e. The number of aromatic amines is 1. The number of nitrogen functional groups attached to an aromatic ring is 1. The van der Waals surface area contributed by atoms with Gasteiger partial charge < -0.3 is 10.6 Å². The molecular weight excluding hydrogens is 380 g/mol. The number of nitrogens with one attached hydrogen (secondary N) is 1. The fourth-order valence-corrected chi connectivity index (χ4v) is 4.23. The molecule has 2 aromatic rings. The molecule has 30 heavy (non-hydrogen) atoms. The Morgan fingerprint density at radius 3 is 2.73 bits per heavy atom. The zero-order valence-corrected chi connectivity index (χ0v) is 18.1. The van der Waals surface area contributed by atoms with E-state index in [1.54, 1.807) is 0 Å². The van der Waals surface area contributed by atoms with Crippen LogP contribution in [0.5, 0.6) is 0 Å². The number of benzene rings is 1. The number of nitrogens with zero attached hydrogens (tertiary/aromatic N) is 2. The summed E-state index contributed by atoms with van der Waals surface area (Å²) in [6.45, 7) is 6.73. The molecule has 1 aliphatic rings. The summed E-state index contributed by atoms with van der Waals surface area (Å²) in [4.78, 5) is 42.7. The minimum absolute atomic E-state index is 0.0611. The number of hydrogen-bond donors (Lipinski definition) is 2. The average Bonchev–Trinajstić information content (AvgIpc) is 2.72. The summed E-state index contributed by atoms with van der Waals surface area (Å²) in [5.41, 5.74) is 7.48. The monoisotopic (exact) mass is 412 g/mol. The van der Waals surface area contributed by atoms with Crippen molar-refractivity contribution in [3.63, 3.8) is 0 Å². The minimum atomic E-state index is -0.606. The lowest BCUT2D eigenvalue weighted by atomic mass is 9.82. The van der Waals surface area contributed by atoms with Crippen molar-refractivity contribution >= 4 is 17.4 Å². The molecule has 7 nitrogen and oxygen atoms in total. The lowest BCUT2D eigenvalue weighted by Gasteiger charge is -2.31. The number of nitrogens with two attached hydrogens (primary N) is 1. The highest BCUT2D eigenvalue weighted by Crippen LogP contribution is 2.34. The van der Waals surface area contributed by atoms with Crippen molar-refractivity contribution < 1.29 is 4.79 Å². The number of H-pyrrole nitrogens is 1. The van der Waals surface area contributed by atoms with Gasteiger partial charge in [-0.2, -0.15) is 0 Å². The molecule has 0 fully saturated rings. The molecule has 1 aromatic heterocycles. The van der Waals surface area contributed by atoms with Crippen molar-refractivity contribution in [3.05, 3.63) is 56.2 Å². The quantitative estimate of drug-likeness (QED) is 0.730. The number of carbonyl (C=O) groups is 1. The Morgan fingerprint density at radius 1 is 1.30 bits per heavy atom. The van der Waals surface area contributed by atoms with E-state index in [4.69, 9.17) is 5.73 Å². The molecule has 1 unspecified atom stereocenters. The van der Waals surface area contributed by atoms with Crippen LogP contribution in [0.25, 0.3) is 0 Å². The van der Waals surface area contributed by atoms with Crippen molar-refractivity contribution in [3.8, 4) is 0 Å². The number of carbonyl (C=O) groups excluding carboxylic acids is 1. The Balaban J connectivity index is 2.09. The molecule has 0 bridgehead atoms. The topological polar surface area (TPSA) is 101 Å². The second-order valence-electron chi connectivity index (χ2n) is 8.48. The minimum Gasteiger partial charge on any atom is -0.383 e. The van der Waals surface area contributed by atoms with Gasteiger partial charge in [-0.25, -0.2) is 4.79 Å². The van der Waals surface area contributed by atoms with Crippen LogP contribution in [0, 0.1) is 5.92 Å². The van der Waals surface area contributed by atoms with Gasteiger partial charge in [0, 0.05) is 13.1 Å². The van der Waals surface area contributed by atoms with Crippen LogP contribution in [0.2, 0.25) is 0 Å². The highest BCUT2D eigenvalue weighted by atomic mass is 16.2. The third kappa shape index (κ3) is 4.35. The van der Waals surface area contributed by atoms with Crippen molar-refractivity contribution in [2.24, 2.45) is 5.92 Å². The zero-order valence-electron chi connectivity index (χ0n) is 18.1. The summed E-state index contributed by atoms with van der Waals surface area (Å²) in [6.07, 6.45) is 4.23. The van der Waals surface area contributed by atoms with Crippen LogP contribution in [-0.2, 0) is 17.8 Å². The Hall–Kier alpha value is -2.83. The molecule has 1 aliphatic carbocycles. The summed E-state index contributed by atoms with van der Waals surface area (Å²) in [7, 11) is 0. The summed E-state index contributed by atoms with van der Waals surface area (Å²) in [5, 5.41) is 0. The van der Waals surface area contributed by atoms with E-state index >= 15 is 0 Å². The molecule has 1 aromatic carbocycles. The first-order valence-electron chi connectivity index (χ1n) is 10.9. The van der Waals surface area contributed by atoms with Gasteiger partial charge in [-0.15, -0.1) is 0 Å². The van der Waals surface area contributed by atoms with E-state index < -0.39 is 11.2 Å². The van der Waals surface area contributed by atoms with Gasteiger partial charge in [0.2, 0.25) is 5.91 Å². The number of fused-ring (bicyclic) bond motifs is 1. The van der Waals surface area contributed by atoms with Gasteiger partial charge in [-0.3, -0.25) is 19.1 Å². The van der Waals surface area contributed by atoms with Gasteiger partial charge in [0.05, 0.1) is 5.92 Å². The lowest BCUT2D eigenvalue weighted by Crippen LogP contribution is -2.44. The summed E-state index contributed by atoms with van der Waals surface area (Å²) in [6, 6.07) is 8.01. The first-order valence-corrected chi connectivity index (χ1v) is 10.9. The van der Waals surface area contributed by atoms with Gasteiger partial charge in [0.15, 0.2) is 5.69 Å². The van der Waals surface area contributed by atoms with Crippen LogP contribution in [-0.4, -0.2) is 22.0 Å². The van der Waals surface area contributed by atoms with E-state index in [1.807, 2.05) is 39.0 Å². The molecule has 0 aliphatic heterocycles. The predicted octanol–water partition coefficient (Wildman–Crippen LogP) is 3.03. The number of anilines is 2. The van der Waals surface area contributed by atoms with Gasteiger partial charge >= 0.3 is 5.69 Å². The molecule has 1 amide bonds. The van der Waals surface area contributed by atoms with Crippen LogP contribution in [0.4, 0.5) is 11.5 Å². The fourth-order valence-electron chi connectivity index (χ4n) is 4.23. The largest absolute Gasteiger partial charge is 0.383 e. The molecular formula is C23H32N4O3. The SMILES string of the molecule is CCCCN(C(=O)C1CCCc2ccccc21)c1c(N)n(CC(C)C)c(=O)[nH]c1=O. The first kappa shape index (κ1) is 21.9. The van der Waals surface area contributed by atoms with Crippen molar-refractivity contribution in [2.45, 2.75) is 65.3 Å². The second-order valence-corrected chi connectivity index (χ2v) is 8.48. The maximum absolute atomic E-state index is 13.7. The van der Waals surface area contributed by atoms with Crippen molar-refractivity contribution in [2.75, 3.05) is 17.2 Å². The Bertz CT molecular complexity index is 1020. The maximum atomic E-state index is 13.7. The van der Waals surface area contributed by atoms with E-state index in [0.717, 1.165) is 37.7 Å². The summed E-state index contributed by atoms with van der Waals surface area (Å²) >= 11 is 0. The number of aromatic nitrogens is 2. The van der Waals surface area contributed by atoms with Crippen LogP contribution in [0.15, 0.2) is 33.9 Å². The summed E-state index contributed by atoms with van der Waals surface area (Å²) < 4.78 is 1.36. The van der Waals surface area contributed by atoms with Crippen LogP contribution >= 0.6 is 0 Å². The Morgan fingerprint density at radius 2 is 2.03 bits per heavy atom.